The van der Waals surface area contributed by atoms with Crippen LogP contribution in [0.4, 0.5) is 4.39 Å². The monoisotopic (exact) mass is 303 g/mol. The summed E-state index contributed by atoms with van der Waals surface area (Å²) in [6, 6.07) is 5.99. The third-order valence-electron chi connectivity index (χ3n) is 3.82. The Morgan fingerprint density at radius 3 is 3.09 bits per heavy atom. The first-order valence-corrected chi connectivity index (χ1v) is 7.43. The molecule has 0 bridgehead atoms. The minimum Gasteiger partial charge on any atom is -0.341 e. The van der Waals surface area contributed by atoms with Crippen LogP contribution in [-0.4, -0.2) is 44.1 Å². The van der Waals surface area contributed by atoms with E-state index in [9.17, 15) is 9.18 Å². The summed E-state index contributed by atoms with van der Waals surface area (Å²) in [5, 5.41) is 11.9. The van der Waals surface area contributed by atoms with E-state index in [1.807, 2.05) is 4.90 Å². The van der Waals surface area contributed by atoms with Crippen LogP contribution in [0.15, 0.2) is 24.3 Å². The van der Waals surface area contributed by atoms with E-state index in [0.29, 0.717) is 17.3 Å². The van der Waals surface area contributed by atoms with Gasteiger partial charge < -0.3 is 4.90 Å². The minimum atomic E-state index is -0.354. The first-order valence-electron chi connectivity index (χ1n) is 7.43. The highest BCUT2D eigenvalue weighted by Gasteiger charge is 2.21. The maximum absolute atomic E-state index is 13.2. The molecular weight excluding hydrogens is 285 g/mol. The van der Waals surface area contributed by atoms with E-state index in [4.69, 9.17) is 0 Å². The Kier molecular flexibility index (Phi) is 4.13. The van der Waals surface area contributed by atoms with Crippen molar-refractivity contribution in [3.8, 4) is 11.4 Å². The van der Waals surface area contributed by atoms with E-state index in [2.05, 4.69) is 22.3 Å². The largest absolute Gasteiger partial charge is 0.341 e. The van der Waals surface area contributed by atoms with Gasteiger partial charge in [-0.1, -0.05) is 19.1 Å². The van der Waals surface area contributed by atoms with Gasteiger partial charge in [0.15, 0.2) is 0 Å². The molecule has 0 unspecified atom stereocenters. The number of tetrazole rings is 1. The number of benzene rings is 1. The van der Waals surface area contributed by atoms with Crippen molar-refractivity contribution < 1.29 is 9.18 Å². The molecule has 3 rings (SSSR count). The molecule has 1 aromatic heterocycles. The second kappa shape index (κ2) is 6.21. The number of carbonyl (C=O) groups is 1. The van der Waals surface area contributed by atoms with Crippen LogP contribution in [0.25, 0.3) is 11.4 Å². The molecule has 1 fully saturated rings. The number of nitrogens with zero attached hydrogens (tertiary/aromatic N) is 5. The van der Waals surface area contributed by atoms with Gasteiger partial charge in [0.25, 0.3) is 0 Å². The predicted octanol–water partition coefficient (Wildman–Crippen LogP) is 1.74. The quantitative estimate of drug-likeness (QED) is 0.866. The van der Waals surface area contributed by atoms with Crippen molar-refractivity contribution in [3.05, 3.63) is 30.1 Å². The normalized spacial score (nSPS) is 18.5. The van der Waals surface area contributed by atoms with Crippen LogP contribution in [0.3, 0.4) is 0 Å². The topological polar surface area (TPSA) is 63.9 Å². The van der Waals surface area contributed by atoms with Crippen LogP contribution in [0, 0.1) is 11.7 Å². The number of aromatic nitrogens is 4. The van der Waals surface area contributed by atoms with E-state index >= 15 is 0 Å². The Morgan fingerprint density at radius 2 is 2.32 bits per heavy atom. The van der Waals surface area contributed by atoms with E-state index < -0.39 is 0 Å². The average Bonchev–Trinajstić information content (AvgIpc) is 2.96. The number of likely N-dealkylation sites (tertiary alicyclic amines) is 1. The van der Waals surface area contributed by atoms with Crippen LogP contribution < -0.4 is 0 Å². The summed E-state index contributed by atoms with van der Waals surface area (Å²) in [7, 11) is 0. The molecular formula is C15H18FN5O. The van der Waals surface area contributed by atoms with E-state index in [-0.39, 0.29) is 18.3 Å². The van der Waals surface area contributed by atoms with Crippen LogP contribution in [0.1, 0.15) is 19.8 Å². The van der Waals surface area contributed by atoms with Gasteiger partial charge in [0.1, 0.15) is 12.4 Å². The van der Waals surface area contributed by atoms with Gasteiger partial charge in [-0.05, 0) is 36.1 Å². The number of carbonyl (C=O) groups excluding carboxylic acids is 1. The fourth-order valence-corrected chi connectivity index (χ4v) is 2.69. The standard InChI is InChI=1S/C15H18FN5O/c1-11-4-3-7-20(9-11)14(22)10-21-18-15(17-19-21)12-5-2-6-13(16)8-12/h2,5-6,8,11H,3-4,7,9-10H2,1H3/t11-/m0/s1. The SMILES string of the molecule is C[C@H]1CCCN(C(=O)Cn2nnc(-c3cccc(F)c3)n2)C1. The summed E-state index contributed by atoms with van der Waals surface area (Å²) >= 11 is 0. The lowest BCUT2D eigenvalue weighted by Crippen LogP contribution is -2.41. The van der Waals surface area contributed by atoms with Gasteiger partial charge in [-0.3, -0.25) is 4.79 Å². The molecule has 0 aliphatic carbocycles. The summed E-state index contributed by atoms with van der Waals surface area (Å²) < 4.78 is 13.2. The van der Waals surface area contributed by atoms with Crippen LogP contribution in [-0.2, 0) is 11.3 Å². The van der Waals surface area contributed by atoms with Gasteiger partial charge in [-0.15, -0.1) is 10.2 Å². The Morgan fingerprint density at radius 1 is 1.45 bits per heavy atom. The highest BCUT2D eigenvalue weighted by atomic mass is 19.1. The van der Waals surface area contributed by atoms with Gasteiger partial charge in [0.05, 0.1) is 0 Å². The molecule has 1 aromatic carbocycles. The second-order valence-corrected chi connectivity index (χ2v) is 5.74. The predicted molar refractivity (Wildman–Crippen MR) is 78.2 cm³/mol. The molecule has 1 amide bonds. The van der Waals surface area contributed by atoms with E-state index in [1.54, 1.807) is 12.1 Å². The molecule has 2 heterocycles. The maximum Gasteiger partial charge on any atom is 0.246 e. The van der Waals surface area contributed by atoms with Crippen molar-refractivity contribution in [2.24, 2.45) is 5.92 Å². The summed E-state index contributed by atoms with van der Waals surface area (Å²) in [5.74, 6) is 0.491. The molecule has 0 spiro atoms. The third kappa shape index (κ3) is 3.29. The van der Waals surface area contributed by atoms with Gasteiger partial charge in [0, 0.05) is 18.7 Å². The van der Waals surface area contributed by atoms with Crippen molar-refractivity contribution >= 4 is 5.91 Å². The molecule has 1 saturated heterocycles. The number of hydrogen-bond donors (Lipinski definition) is 0. The van der Waals surface area contributed by atoms with Gasteiger partial charge >= 0.3 is 0 Å². The van der Waals surface area contributed by atoms with Crippen molar-refractivity contribution in [2.45, 2.75) is 26.3 Å². The lowest BCUT2D eigenvalue weighted by Gasteiger charge is -2.30. The summed E-state index contributed by atoms with van der Waals surface area (Å²) in [4.78, 5) is 15.4. The molecule has 1 aliphatic rings. The van der Waals surface area contributed by atoms with Gasteiger partial charge in [-0.2, -0.15) is 4.80 Å². The van der Waals surface area contributed by atoms with Gasteiger partial charge in [0.2, 0.25) is 11.7 Å². The molecule has 2 aromatic rings. The highest BCUT2D eigenvalue weighted by Crippen LogP contribution is 2.16. The van der Waals surface area contributed by atoms with Crippen LogP contribution >= 0.6 is 0 Å². The summed E-state index contributed by atoms with van der Waals surface area (Å²) in [6.07, 6.45) is 2.20. The van der Waals surface area contributed by atoms with Crippen molar-refractivity contribution in [3.63, 3.8) is 0 Å². The fraction of sp³-hybridized carbons (Fsp3) is 0.467. The van der Waals surface area contributed by atoms with E-state index in [1.165, 1.54) is 16.9 Å². The number of rotatable bonds is 3. The minimum absolute atomic E-state index is 0.00487. The molecule has 6 nitrogen and oxygen atoms in total. The number of halogens is 1. The number of piperidine rings is 1. The smallest absolute Gasteiger partial charge is 0.246 e. The van der Waals surface area contributed by atoms with Crippen LogP contribution in [0.5, 0.6) is 0 Å². The number of amides is 1. The third-order valence-corrected chi connectivity index (χ3v) is 3.82. The highest BCUT2D eigenvalue weighted by molar-refractivity contribution is 5.75. The summed E-state index contributed by atoms with van der Waals surface area (Å²) in [5.41, 5.74) is 0.547. The zero-order chi connectivity index (χ0) is 15.5. The lowest BCUT2D eigenvalue weighted by atomic mass is 10.0. The van der Waals surface area contributed by atoms with Gasteiger partial charge in [-0.25, -0.2) is 4.39 Å². The Balaban J connectivity index is 1.68. The van der Waals surface area contributed by atoms with Crippen molar-refractivity contribution in [1.82, 2.24) is 25.1 Å². The first-order chi connectivity index (χ1) is 10.6. The second-order valence-electron chi connectivity index (χ2n) is 5.74. The maximum atomic E-state index is 13.2. The van der Waals surface area contributed by atoms with E-state index in [0.717, 1.165) is 25.9 Å². The van der Waals surface area contributed by atoms with Crippen molar-refractivity contribution in [2.75, 3.05) is 13.1 Å². The fourth-order valence-electron chi connectivity index (χ4n) is 2.69. The zero-order valence-corrected chi connectivity index (χ0v) is 12.4. The average molecular weight is 303 g/mol. The Labute approximate surface area is 127 Å². The molecule has 116 valence electrons. The molecule has 0 radical (unpaired) electrons. The van der Waals surface area contributed by atoms with Crippen LogP contribution in [0.2, 0.25) is 0 Å². The summed E-state index contributed by atoms with van der Waals surface area (Å²) in [6.45, 7) is 3.78. The van der Waals surface area contributed by atoms with Crippen molar-refractivity contribution in [1.29, 1.82) is 0 Å². The molecule has 22 heavy (non-hydrogen) atoms. The number of hydrogen-bond acceptors (Lipinski definition) is 4. The molecule has 1 atom stereocenters. The molecule has 1 aliphatic heterocycles. The molecule has 0 N–H and O–H groups in total. The molecule has 0 saturated carbocycles. The zero-order valence-electron chi connectivity index (χ0n) is 12.4. The lowest BCUT2D eigenvalue weighted by molar-refractivity contribution is -0.134. The first kappa shape index (κ1) is 14.6. The Hall–Kier alpha value is -2.31. The Bertz CT molecular complexity index is 671. The molecule has 7 heteroatoms.